The van der Waals surface area contributed by atoms with Crippen molar-refractivity contribution in [2.45, 2.75) is 25.4 Å². The number of carbonyl (C=O) groups excluding carboxylic acids is 3. The first-order valence-corrected chi connectivity index (χ1v) is 9.25. The molecule has 6 nitrogen and oxygen atoms in total. The number of piperidine rings is 1. The lowest BCUT2D eigenvalue weighted by molar-refractivity contribution is -0.186. The third kappa shape index (κ3) is 4.63. The van der Waals surface area contributed by atoms with E-state index in [-0.39, 0.29) is 43.7 Å². The highest BCUT2D eigenvalue weighted by atomic mass is 19.4. The molecule has 2 fully saturated rings. The molecule has 2 heterocycles. The number of anilines is 1. The average molecular weight is 397 g/mol. The van der Waals surface area contributed by atoms with Crippen LogP contribution in [0.3, 0.4) is 0 Å². The Kier molecular flexibility index (Phi) is 5.90. The minimum atomic E-state index is -4.88. The van der Waals surface area contributed by atoms with E-state index in [9.17, 15) is 27.6 Å². The van der Waals surface area contributed by atoms with Gasteiger partial charge in [0.05, 0.1) is 0 Å². The molecule has 1 aromatic carbocycles. The number of halogens is 3. The maximum atomic E-state index is 12.5. The summed E-state index contributed by atoms with van der Waals surface area (Å²) in [6.07, 6.45) is -4.14. The molecular formula is C19H22F3N3O3. The molecule has 1 aromatic rings. The van der Waals surface area contributed by atoms with Crippen LogP contribution in [0.25, 0.3) is 0 Å². The Morgan fingerprint density at radius 3 is 2.36 bits per heavy atom. The highest BCUT2D eigenvalue weighted by Crippen LogP contribution is 2.26. The van der Waals surface area contributed by atoms with Crippen LogP contribution < -0.4 is 10.2 Å². The fourth-order valence-electron chi connectivity index (χ4n) is 3.69. The Bertz CT molecular complexity index is 731. The molecule has 0 saturated carbocycles. The lowest BCUT2D eigenvalue weighted by atomic mass is 9.95. The predicted molar refractivity (Wildman–Crippen MR) is 95.3 cm³/mol. The van der Waals surface area contributed by atoms with Crippen molar-refractivity contribution in [2.24, 2.45) is 11.8 Å². The first kappa shape index (κ1) is 20.2. The molecule has 0 aliphatic carbocycles. The van der Waals surface area contributed by atoms with Gasteiger partial charge in [-0.05, 0) is 25.0 Å². The van der Waals surface area contributed by atoms with Crippen molar-refractivity contribution in [3.05, 3.63) is 30.3 Å². The summed E-state index contributed by atoms with van der Waals surface area (Å²) >= 11 is 0. The Balaban J connectivity index is 1.44. The summed E-state index contributed by atoms with van der Waals surface area (Å²) in [4.78, 5) is 38.2. The van der Waals surface area contributed by atoms with Crippen LogP contribution in [0.2, 0.25) is 0 Å². The summed E-state index contributed by atoms with van der Waals surface area (Å²) in [5.41, 5.74) is 0.822. The lowest BCUT2D eigenvalue weighted by Crippen LogP contribution is -2.48. The molecule has 2 aliphatic heterocycles. The first-order valence-electron chi connectivity index (χ1n) is 9.25. The monoisotopic (exact) mass is 397 g/mol. The van der Waals surface area contributed by atoms with Crippen molar-refractivity contribution in [1.29, 1.82) is 0 Å². The van der Waals surface area contributed by atoms with Crippen LogP contribution in [-0.2, 0) is 14.4 Å². The number of hydrogen-bond donors (Lipinski definition) is 1. The van der Waals surface area contributed by atoms with Crippen molar-refractivity contribution in [2.75, 3.05) is 31.1 Å². The molecule has 1 N–H and O–H groups in total. The number of benzene rings is 1. The lowest BCUT2D eigenvalue weighted by Gasteiger charge is -2.31. The number of likely N-dealkylation sites (tertiary alicyclic amines) is 1. The molecule has 3 rings (SSSR count). The van der Waals surface area contributed by atoms with E-state index >= 15 is 0 Å². The Morgan fingerprint density at radius 2 is 1.75 bits per heavy atom. The summed E-state index contributed by atoms with van der Waals surface area (Å²) < 4.78 is 37.4. The second-order valence-corrected chi connectivity index (χ2v) is 7.22. The largest absolute Gasteiger partial charge is 0.471 e. The Hall–Kier alpha value is -2.58. The summed E-state index contributed by atoms with van der Waals surface area (Å²) in [6, 6.07) is 9.29. The number of para-hydroxylation sites is 1. The van der Waals surface area contributed by atoms with Crippen LogP contribution in [0, 0.1) is 11.8 Å². The van der Waals surface area contributed by atoms with E-state index in [4.69, 9.17) is 0 Å². The Morgan fingerprint density at radius 1 is 1.11 bits per heavy atom. The molecule has 28 heavy (non-hydrogen) atoms. The van der Waals surface area contributed by atoms with Crippen molar-refractivity contribution in [3.8, 4) is 0 Å². The van der Waals surface area contributed by atoms with Gasteiger partial charge in [-0.2, -0.15) is 13.2 Å². The number of hydrogen-bond acceptors (Lipinski definition) is 3. The van der Waals surface area contributed by atoms with E-state index in [2.05, 4.69) is 5.32 Å². The van der Waals surface area contributed by atoms with Crippen molar-refractivity contribution < 1.29 is 27.6 Å². The van der Waals surface area contributed by atoms with Gasteiger partial charge in [-0.1, -0.05) is 18.2 Å². The standard InChI is InChI=1S/C19H22F3N3O3/c20-19(21,22)18(28)24-8-6-14(7-9-24)17(27)23-11-13-10-16(26)25(12-13)15-4-2-1-3-5-15/h1-5,13-14H,6-12H2,(H,23,27). The molecular weight excluding hydrogens is 375 g/mol. The second-order valence-electron chi connectivity index (χ2n) is 7.22. The van der Waals surface area contributed by atoms with Crippen LogP contribution in [0.1, 0.15) is 19.3 Å². The van der Waals surface area contributed by atoms with Gasteiger partial charge < -0.3 is 15.1 Å². The number of nitrogens with one attached hydrogen (secondary N) is 1. The highest BCUT2D eigenvalue weighted by molar-refractivity contribution is 5.95. The number of alkyl halides is 3. The van der Waals surface area contributed by atoms with Gasteiger partial charge in [-0.25, -0.2) is 0 Å². The van der Waals surface area contributed by atoms with E-state index in [1.807, 2.05) is 30.3 Å². The molecule has 152 valence electrons. The second kappa shape index (κ2) is 8.20. The number of rotatable bonds is 4. The zero-order valence-corrected chi connectivity index (χ0v) is 15.2. The van der Waals surface area contributed by atoms with Crippen LogP contribution in [-0.4, -0.2) is 55.0 Å². The molecule has 2 aliphatic rings. The van der Waals surface area contributed by atoms with Crippen LogP contribution in [0.5, 0.6) is 0 Å². The molecule has 0 bridgehead atoms. The minimum absolute atomic E-state index is 0.00409. The molecule has 1 atom stereocenters. The number of amides is 3. The number of carbonyl (C=O) groups is 3. The fraction of sp³-hybridized carbons (Fsp3) is 0.526. The summed E-state index contributed by atoms with van der Waals surface area (Å²) in [5.74, 6) is -2.51. The van der Waals surface area contributed by atoms with Gasteiger partial charge in [0.25, 0.3) is 0 Å². The third-order valence-electron chi connectivity index (χ3n) is 5.23. The van der Waals surface area contributed by atoms with Gasteiger partial charge in [-0.15, -0.1) is 0 Å². The third-order valence-corrected chi connectivity index (χ3v) is 5.23. The topological polar surface area (TPSA) is 69.7 Å². The van der Waals surface area contributed by atoms with Crippen molar-refractivity contribution in [1.82, 2.24) is 10.2 Å². The molecule has 1 unspecified atom stereocenters. The van der Waals surface area contributed by atoms with Crippen LogP contribution >= 0.6 is 0 Å². The van der Waals surface area contributed by atoms with E-state index in [0.29, 0.717) is 19.5 Å². The zero-order chi connectivity index (χ0) is 20.3. The molecule has 0 aromatic heterocycles. The van der Waals surface area contributed by atoms with Gasteiger partial charge in [0, 0.05) is 50.1 Å². The number of nitrogens with zero attached hydrogens (tertiary/aromatic N) is 2. The van der Waals surface area contributed by atoms with Crippen LogP contribution in [0.4, 0.5) is 18.9 Å². The fourth-order valence-corrected chi connectivity index (χ4v) is 3.69. The van der Waals surface area contributed by atoms with E-state index in [1.54, 1.807) is 4.90 Å². The van der Waals surface area contributed by atoms with Gasteiger partial charge in [-0.3, -0.25) is 14.4 Å². The molecule has 0 radical (unpaired) electrons. The minimum Gasteiger partial charge on any atom is -0.356 e. The summed E-state index contributed by atoms with van der Waals surface area (Å²) in [5, 5.41) is 2.82. The van der Waals surface area contributed by atoms with E-state index in [1.165, 1.54) is 0 Å². The zero-order valence-electron chi connectivity index (χ0n) is 15.2. The van der Waals surface area contributed by atoms with Crippen LogP contribution in [0.15, 0.2) is 30.3 Å². The smallest absolute Gasteiger partial charge is 0.356 e. The molecule has 3 amide bonds. The highest BCUT2D eigenvalue weighted by Gasteiger charge is 2.43. The van der Waals surface area contributed by atoms with E-state index in [0.717, 1.165) is 10.6 Å². The van der Waals surface area contributed by atoms with Gasteiger partial charge in [0.1, 0.15) is 0 Å². The van der Waals surface area contributed by atoms with Crippen molar-refractivity contribution in [3.63, 3.8) is 0 Å². The normalized spacial score (nSPS) is 21.1. The maximum Gasteiger partial charge on any atom is 0.471 e. The van der Waals surface area contributed by atoms with Crippen molar-refractivity contribution >= 4 is 23.4 Å². The SMILES string of the molecule is O=C(NCC1CC(=O)N(c2ccccc2)C1)C1CCN(C(=O)C(F)(F)F)CC1. The molecule has 2 saturated heterocycles. The average Bonchev–Trinajstić information content (AvgIpc) is 3.06. The molecule has 9 heteroatoms. The quantitative estimate of drug-likeness (QED) is 0.845. The molecule has 0 spiro atoms. The van der Waals surface area contributed by atoms with Gasteiger partial charge in [0.2, 0.25) is 11.8 Å². The summed E-state index contributed by atoms with van der Waals surface area (Å²) in [6.45, 7) is 0.692. The first-order chi connectivity index (χ1) is 13.3. The van der Waals surface area contributed by atoms with Gasteiger partial charge >= 0.3 is 12.1 Å². The Labute approximate surface area is 160 Å². The maximum absolute atomic E-state index is 12.5. The van der Waals surface area contributed by atoms with E-state index < -0.39 is 18.0 Å². The summed E-state index contributed by atoms with van der Waals surface area (Å²) in [7, 11) is 0. The predicted octanol–water partition coefficient (Wildman–Crippen LogP) is 1.96. The van der Waals surface area contributed by atoms with Gasteiger partial charge in [0.15, 0.2) is 0 Å².